The fourth-order valence-electron chi connectivity index (χ4n) is 3.98. The summed E-state index contributed by atoms with van der Waals surface area (Å²) in [6.07, 6.45) is 0. The van der Waals surface area contributed by atoms with Crippen LogP contribution in [-0.4, -0.2) is 24.5 Å². The molecule has 1 heterocycles. The molecule has 0 saturated carbocycles. The Hall–Kier alpha value is -2.40. The Morgan fingerprint density at radius 3 is 2.34 bits per heavy atom. The number of nitrogens with zero attached hydrogens (tertiary/aromatic N) is 2. The maximum atomic E-state index is 6.32. The molecule has 0 radical (unpaired) electrons. The van der Waals surface area contributed by atoms with E-state index in [4.69, 9.17) is 34.7 Å². The molecule has 0 aromatic heterocycles. The second-order valence-corrected chi connectivity index (χ2v) is 8.32. The Kier molecular flexibility index (Phi) is 5.86. The Labute approximate surface area is 181 Å². The molecule has 0 spiro atoms. The lowest BCUT2D eigenvalue weighted by Crippen LogP contribution is -2.48. The predicted octanol–water partition coefficient (Wildman–Crippen LogP) is 5.22. The average molecular weight is 427 g/mol. The minimum atomic E-state index is 0.158. The third-order valence-electron chi connectivity index (χ3n) is 5.38. The van der Waals surface area contributed by atoms with Crippen LogP contribution in [0.4, 0.5) is 17.1 Å². The number of benzene rings is 3. The number of halogens is 2. The van der Waals surface area contributed by atoms with E-state index >= 15 is 0 Å². The van der Waals surface area contributed by atoms with Crippen molar-refractivity contribution in [2.24, 2.45) is 0 Å². The summed E-state index contributed by atoms with van der Waals surface area (Å²) >= 11 is 12.2. The van der Waals surface area contributed by atoms with Crippen molar-refractivity contribution in [1.82, 2.24) is 4.90 Å². The summed E-state index contributed by atoms with van der Waals surface area (Å²) in [6.45, 7) is 3.53. The van der Waals surface area contributed by atoms with Gasteiger partial charge in [0, 0.05) is 41.9 Å². The van der Waals surface area contributed by atoms with E-state index in [9.17, 15) is 0 Å². The van der Waals surface area contributed by atoms with Crippen molar-refractivity contribution >= 4 is 40.3 Å². The molecule has 1 fully saturated rings. The summed E-state index contributed by atoms with van der Waals surface area (Å²) in [4.78, 5) is 4.82. The summed E-state index contributed by atoms with van der Waals surface area (Å²) in [5.41, 5.74) is 17.2. The molecule has 4 rings (SSSR count). The van der Waals surface area contributed by atoms with Crippen molar-refractivity contribution in [2.45, 2.75) is 12.6 Å². The van der Waals surface area contributed by atoms with Crippen molar-refractivity contribution in [2.75, 3.05) is 36.0 Å². The Bertz CT molecular complexity index is 990. The average Bonchev–Trinajstić information content (AvgIpc) is 2.69. The highest BCUT2D eigenvalue weighted by molar-refractivity contribution is 6.31. The van der Waals surface area contributed by atoms with Crippen LogP contribution in [0.3, 0.4) is 0 Å². The molecule has 1 aliphatic rings. The van der Waals surface area contributed by atoms with E-state index < -0.39 is 0 Å². The van der Waals surface area contributed by atoms with E-state index in [-0.39, 0.29) is 6.04 Å². The van der Waals surface area contributed by atoms with Crippen molar-refractivity contribution in [1.29, 1.82) is 0 Å². The van der Waals surface area contributed by atoms with Gasteiger partial charge in [-0.25, -0.2) is 0 Å². The van der Waals surface area contributed by atoms with Gasteiger partial charge in [0.1, 0.15) is 0 Å². The smallest absolute Gasteiger partial charge is 0.0670 e. The molecule has 29 heavy (non-hydrogen) atoms. The lowest BCUT2D eigenvalue weighted by atomic mass is 10.0. The van der Waals surface area contributed by atoms with Crippen LogP contribution in [0.2, 0.25) is 10.0 Å². The molecule has 4 N–H and O–H groups in total. The van der Waals surface area contributed by atoms with Gasteiger partial charge in [-0.15, -0.1) is 0 Å². The van der Waals surface area contributed by atoms with Crippen LogP contribution in [-0.2, 0) is 6.54 Å². The van der Waals surface area contributed by atoms with Crippen LogP contribution >= 0.6 is 23.2 Å². The maximum Gasteiger partial charge on any atom is 0.0670 e. The molecule has 1 unspecified atom stereocenters. The topological polar surface area (TPSA) is 58.5 Å². The summed E-state index contributed by atoms with van der Waals surface area (Å²) in [6, 6.07) is 22.0. The highest BCUT2D eigenvalue weighted by atomic mass is 35.5. The number of nitrogens with two attached hydrogens (primary N) is 2. The van der Waals surface area contributed by atoms with E-state index in [1.807, 2.05) is 48.5 Å². The lowest BCUT2D eigenvalue weighted by molar-refractivity contribution is 0.215. The summed E-state index contributed by atoms with van der Waals surface area (Å²) in [5.74, 6) is 0. The van der Waals surface area contributed by atoms with Gasteiger partial charge < -0.3 is 16.4 Å². The minimum absolute atomic E-state index is 0.158. The normalized spacial score (nSPS) is 17.4. The zero-order chi connectivity index (χ0) is 20.4. The van der Waals surface area contributed by atoms with Crippen LogP contribution in [0.25, 0.3) is 0 Å². The van der Waals surface area contributed by atoms with E-state index in [2.05, 4.69) is 28.0 Å². The Morgan fingerprint density at radius 2 is 1.62 bits per heavy atom. The zero-order valence-electron chi connectivity index (χ0n) is 16.1. The van der Waals surface area contributed by atoms with Gasteiger partial charge in [-0.1, -0.05) is 47.5 Å². The number of anilines is 3. The molecule has 3 aromatic carbocycles. The third kappa shape index (κ3) is 4.61. The molecule has 0 aliphatic carbocycles. The van der Waals surface area contributed by atoms with Gasteiger partial charge in [0.2, 0.25) is 0 Å². The molecule has 0 amide bonds. The summed E-state index contributed by atoms with van der Waals surface area (Å²) in [5, 5.41) is 1.38. The minimum Gasteiger partial charge on any atom is -0.399 e. The molecule has 1 saturated heterocycles. The van der Waals surface area contributed by atoms with Gasteiger partial charge >= 0.3 is 0 Å². The fraction of sp³-hybridized carbons (Fsp3) is 0.217. The van der Waals surface area contributed by atoms with Crippen LogP contribution < -0.4 is 16.4 Å². The van der Waals surface area contributed by atoms with Gasteiger partial charge in [0.15, 0.2) is 0 Å². The van der Waals surface area contributed by atoms with Gasteiger partial charge in [-0.2, -0.15) is 0 Å². The Morgan fingerprint density at radius 1 is 0.862 bits per heavy atom. The van der Waals surface area contributed by atoms with Gasteiger partial charge in [0.05, 0.1) is 17.4 Å². The van der Waals surface area contributed by atoms with Crippen LogP contribution in [0.15, 0.2) is 66.7 Å². The predicted molar refractivity (Wildman–Crippen MR) is 124 cm³/mol. The van der Waals surface area contributed by atoms with E-state index in [0.717, 1.165) is 42.6 Å². The number of nitrogen functional groups attached to an aromatic ring is 2. The number of hydrogen-bond acceptors (Lipinski definition) is 4. The molecule has 6 heteroatoms. The second kappa shape index (κ2) is 8.54. The monoisotopic (exact) mass is 426 g/mol. The highest BCUT2D eigenvalue weighted by Crippen LogP contribution is 2.36. The molecule has 1 atom stereocenters. The van der Waals surface area contributed by atoms with Crippen molar-refractivity contribution in [3.8, 4) is 0 Å². The first-order valence-corrected chi connectivity index (χ1v) is 10.4. The molecule has 150 valence electrons. The lowest BCUT2D eigenvalue weighted by Gasteiger charge is -2.43. The van der Waals surface area contributed by atoms with Gasteiger partial charge in [-0.3, -0.25) is 4.90 Å². The van der Waals surface area contributed by atoms with Crippen molar-refractivity contribution < 1.29 is 0 Å². The quantitative estimate of drug-likeness (QED) is 0.561. The first-order valence-electron chi connectivity index (χ1n) is 9.63. The summed E-state index contributed by atoms with van der Waals surface area (Å²) in [7, 11) is 0. The number of rotatable bonds is 4. The molecule has 3 aromatic rings. The maximum absolute atomic E-state index is 6.32. The molecule has 4 nitrogen and oxygen atoms in total. The number of piperazine rings is 1. The second-order valence-electron chi connectivity index (χ2n) is 7.44. The van der Waals surface area contributed by atoms with Crippen molar-refractivity contribution in [3.63, 3.8) is 0 Å². The van der Waals surface area contributed by atoms with Crippen LogP contribution in [0, 0.1) is 0 Å². The van der Waals surface area contributed by atoms with Gasteiger partial charge in [0.25, 0.3) is 0 Å². The third-order valence-corrected chi connectivity index (χ3v) is 5.86. The van der Waals surface area contributed by atoms with Crippen molar-refractivity contribution in [3.05, 3.63) is 87.9 Å². The highest BCUT2D eigenvalue weighted by Gasteiger charge is 2.29. The number of hydrogen-bond donors (Lipinski definition) is 2. The Balaban J connectivity index is 1.63. The molecular formula is C23H24Cl2N4. The largest absolute Gasteiger partial charge is 0.399 e. The van der Waals surface area contributed by atoms with Crippen LogP contribution in [0.1, 0.15) is 17.2 Å². The molecule has 0 bridgehead atoms. The van der Waals surface area contributed by atoms with Gasteiger partial charge in [-0.05, 0) is 53.6 Å². The van der Waals surface area contributed by atoms with E-state index in [1.165, 1.54) is 11.1 Å². The standard InChI is InChI=1S/C23H24Cl2N4/c24-18-6-4-17(5-7-18)23-15-28(14-16-2-1-3-20(26)12-16)10-11-29(23)22-9-8-19(25)13-21(22)27/h1-9,12-13,23H,10-11,14-15,26-27H2. The van der Waals surface area contributed by atoms with E-state index in [1.54, 1.807) is 0 Å². The fourth-order valence-corrected chi connectivity index (χ4v) is 4.28. The van der Waals surface area contributed by atoms with Crippen LogP contribution in [0.5, 0.6) is 0 Å². The first kappa shape index (κ1) is 19.9. The first-order chi connectivity index (χ1) is 14.0. The zero-order valence-corrected chi connectivity index (χ0v) is 17.6. The molecule has 1 aliphatic heterocycles. The van der Waals surface area contributed by atoms with E-state index in [0.29, 0.717) is 10.7 Å². The molecular weight excluding hydrogens is 403 g/mol. The SMILES string of the molecule is Nc1cccc(CN2CCN(c3ccc(Cl)cc3N)C(c3ccc(Cl)cc3)C2)c1. The summed E-state index contributed by atoms with van der Waals surface area (Å²) < 4.78 is 0.